The monoisotopic (exact) mass is 708 g/mol. The molecule has 12 heteroatoms. The molecule has 1 saturated heterocycles. The maximum Gasteiger partial charge on any atom is 0.416 e. The van der Waals surface area contributed by atoms with E-state index < -0.39 is 17.0 Å². The van der Waals surface area contributed by atoms with Gasteiger partial charge in [0.25, 0.3) is 0 Å². The van der Waals surface area contributed by atoms with Crippen molar-refractivity contribution in [1.82, 2.24) is 9.80 Å². The number of nitrogens with zero attached hydrogens (tertiary/aromatic N) is 3. The SMILES string of the molecule is CC(=O)Nc1cc2ccccc2cc1SC(C)C(=O)OCCN1CCN(CCCN2c3ccccc3Sc3ccc(C(F)(F)F)cc32)CC1. The fourth-order valence-electron chi connectivity index (χ4n) is 6.17. The molecule has 2 heterocycles. The van der Waals surface area contributed by atoms with Crippen LogP contribution in [-0.4, -0.2) is 79.3 Å². The predicted molar refractivity (Wildman–Crippen MR) is 191 cm³/mol. The molecule has 4 aromatic carbocycles. The predicted octanol–water partition coefficient (Wildman–Crippen LogP) is 8.15. The Bertz CT molecular complexity index is 1810. The van der Waals surface area contributed by atoms with Crippen LogP contribution in [0.4, 0.5) is 30.2 Å². The Balaban J connectivity index is 0.956. The first kappa shape index (κ1) is 35.1. The highest BCUT2D eigenvalue weighted by Gasteiger charge is 2.33. The van der Waals surface area contributed by atoms with Gasteiger partial charge in [-0.05, 0) is 73.1 Å². The third kappa shape index (κ3) is 8.72. The smallest absolute Gasteiger partial charge is 0.416 e. The molecule has 1 unspecified atom stereocenters. The number of para-hydroxylation sites is 1. The number of piperazine rings is 1. The summed E-state index contributed by atoms with van der Waals surface area (Å²) in [6, 6.07) is 23.7. The van der Waals surface area contributed by atoms with E-state index in [9.17, 15) is 22.8 Å². The summed E-state index contributed by atoms with van der Waals surface area (Å²) >= 11 is 2.88. The summed E-state index contributed by atoms with van der Waals surface area (Å²) in [5.74, 6) is -0.472. The first-order chi connectivity index (χ1) is 23.5. The fraction of sp³-hybridized carbons (Fsp3) is 0.351. The molecule has 258 valence electrons. The minimum absolute atomic E-state index is 0.173. The van der Waals surface area contributed by atoms with Crippen LogP contribution in [0.3, 0.4) is 0 Å². The topological polar surface area (TPSA) is 65.1 Å². The van der Waals surface area contributed by atoms with Gasteiger partial charge in [-0.25, -0.2) is 0 Å². The lowest BCUT2D eigenvalue weighted by atomic mass is 10.1. The van der Waals surface area contributed by atoms with Gasteiger partial charge in [-0.15, -0.1) is 11.8 Å². The van der Waals surface area contributed by atoms with Crippen LogP contribution in [0.5, 0.6) is 0 Å². The molecular weight excluding hydrogens is 670 g/mol. The Morgan fingerprint density at radius 1 is 0.857 bits per heavy atom. The zero-order valence-electron chi connectivity index (χ0n) is 27.5. The van der Waals surface area contributed by atoms with Crippen molar-refractivity contribution in [1.29, 1.82) is 0 Å². The number of nitrogens with one attached hydrogen (secondary N) is 1. The van der Waals surface area contributed by atoms with Gasteiger partial charge in [0.05, 0.1) is 22.6 Å². The maximum atomic E-state index is 13.6. The molecular formula is C37H39F3N4O3S2. The normalized spacial score (nSPS) is 15.8. The number of amides is 1. The van der Waals surface area contributed by atoms with Crippen LogP contribution in [0.25, 0.3) is 10.8 Å². The second-order valence-electron chi connectivity index (χ2n) is 12.2. The number of benzene rings is 4. The molecule has 1 fully saturated rings. The number of ether oxygens (including phenoxy) is 1. The van der Waals surface area contributed by atoms with Gasteiger partial charge in [0.2, 0.25) is 5.91 Å². The van der Waals surface area contributed by atoms with Gasteiger partial charge in [-0.2, -0.15) is 13.2 Å². The Hall–Kier alpha value is -3.71. The molecule has 0 spiro atoms. The van der Waals surface area contributed by atoms with Gasteiger partial charge < -0.3 is 19.9 Å². The summed E-state index contributed by atoms with van der Waals surface area (Å²) in [4.78, 5) is 34.1. The zero-order valence-corrected chi connectivity index (χ0v) is 29.1. The lowest BCUT2D eigenvalue weighted by Crippen LogP contribution is -2.47. The molecule has 0 radical (unpaired) electrons. The molecule has 6 rings (SSSR count). The average Bonchev–Trinajstić information content (AvgIpc) is 3.08. The van der Waals surface area contributed by atoms with Crippen molar-refractivity contribution < 1.29 is 27.5 Å². The number of thioether (sulfide) groups is 1. The lowest BCUT2D eigenvalue weighted by molar-refractivity contribution is -0.143. The number of hydrogen-bond acceptors (Lipinski definition) is 8. The van der Waals surface area contributed by atoms with Gasteiger partial charge in [-0.3, -0.25) is 14.5 Å². The molecule has 4 aromatic rings. The molecule has 0 aromatic heterocycles. The molecule has 2 aliphatic heterocycles. The van der Waals surface area contributed by atoms with Gasteiger partial charge in [-0.1, -0.05) is 48.2 Å². The van der Waals surface area contributed by atoms with E-state index in [1.54, 1.807) is 6.07 Å². The van der Waals surface area contributed by atoms with E-state index in [2.05, 4.69) is 15.1 Å². The van der Waals surface area contributed by atoms with Crippen LogP contribution in [0.1, 0.15) is 25.8 Å². The van der Waals surface area contributed by atoms with Crippen LogP contribution in [0, 0.1) is 0 Å². The van der Waals surface area contributed by atoms with Crippen molar-refractivity contribution in [2.75, 3.05) is 62.6 Å². The molecule has 7 nitrogen and oxygen atoms in total. The van der Waals surface area contributed by atoms with Crippen LogP contribution in [0.2, 0.25) is 0 Å². The van der Waals surface area contributed by atoms with Crippen LogP contribution < -0.4 is 10.2 Å². The molecule has 2 aliphatic rings. The van der Waals surface area contributed by atoms with Crippen molar-refractivity contribution in [2.24, 2.45) is 0 Å². The molecule has 1 N–H and O–H groups in total. The number of esters is 1. The number of fused-ring (bicyclic) bond motifs is 3. The quantitative estimate of drug-likeness (QED) is 0.124. The molecule has 1 amide bonds. The molecule has 1 atom stereocenters. The van der Waals surface area contributed by atoms with Gasteiger partial charge in [0, 0.05) is 60.9 Å². The number of anilines is 3. The number of carbonyl (C=O) groups excluding carboxylic acids is 2. The minimum Gasteiger partial charge on any atom is -0.463 e. The second kappa shape index (κ2) is 15.5. The van der Waals surface area contributed by atoms with E-state index in [1.807, 2.05) is 72.5 Å². The molecule has 0 aliphatic carbocycles. The van der Waals surface area contributed by atoms with E-state index in [-0.39, 0.29) is 11.9 Å². The number of hydrogen-bond donors (Lipinski definition) is 1. The van der Waals surface area contributed by atoms with Crippen molar-refractivity contribution in [2.45, 2.75) is 46.4 Å². The Morgan fingerprint density at radius 3 is 2.22 bits per heavy atom. The lowest BCUT2D eigenvalue weighted by Gasteiger charge is -2.36. The van der Waals surface area contributed by atoms with E-state index in [1.165, 1.54) is 36.5 Å². The highest BCUT2D eigenvalue weighted by molar-refractivity contribution is 8.00. The van der Waals surface area contributed by atoms with E-state index in [0.29, 0.717) is 31.1 Å². The third-order valence-corrected chi connectivity index (χ3v) is 11.0. The Labute approximate surface area is 293 Å². The van der Waals surface area contributed by atoms with Crippen molar-refractivity contribution in [3.05, 3.63) is 84.4 Å². The molecule has 49 heavy (non-hydrogen) atoms. The standard InChI is InChI=1S/C37H39F3N4O3S2/c1-25(48-35-23-28-9-4-3-8-27(28)22-30(35)41-26(2)45)36(46)47-21-20-43-18-16-42(17-19-43)14-7-15-44-31-10-5-6-11-33(31)49-34-13-12-29(24-32(34)44)37(38,39)40/h3-6,8-13,22-25H,7,14-21H2,1-2H3,(H,41,45). The molecule has 0 saturated carbocycles. The number of alkyl halides is 3. The first-order valence-electron chi connectivity index (χ1n) is 16.4. The van der Waals surface area contributed by atoms with E-state index in [4.69, 9.17) is 4.74 Å². The van der Waals surface area contributed by atoms with Crippen molar-refractivity contribution in [3.63, 3.8) is 0 Å². The van der Waals surface area contributed by atoms with Crippen molar-refractivity contribution in [3.8, 4) is 0 Å². The Morgan fingerprint density at radius 2 is 1.51 bits per heavy atom. The van der Waals surface area contributed by atoms with E-state index in [0.717, 1.165) is 76.4 Å². The Kier molecular flexibility index (Phi) is 11.1. The number of carbonyl (C=O) groups is 2. The number of halogens is 3. The highest BCUT2D eigenvalue weighted by Crippen LogP contribution is 2.49. The minimum atomic E-state index is -4.39. The van der Waals surface area contributed by atoms with E-state index >= 15 is 0 Å². The second-order valence-corrected chi connectivity index (χ2v) is 14.7. The number of rotatable bonds is 11. The average molecular weight is 709 g/mol. The van der Waals surface area contributed by atoms with Crippen molar-refractivity contribution >= 4 is 63.2 Å². The summed E-state index contributed by atoms with van der Waals surface area (Å²) < 4.78 is 46.3. The van der Waals surface area contributed by atoms with Gasteiger partial charge >= 0.3 is 12.1 Å². The summed E-state index contributed by atoms with van der Waals surface area (Å²) in [6.07, 6.45) is -3.59. The fourth-order valence-corrected chi connectivity index (χ4v) is 8.22. The zero-order chi connectivity index (χ0) is 34.5. The van der Waals surface area contributed by atoms with Crippen LogP contribution >= 0.6 is 23.5 Å². The summed E-state index contributed by atoms with van der Waals surface area (Å²) in [5, 5.41) is 4.46. The van der Waals surface area contributed by atoms with Crippen LogP contribution in [-0.2, 0) is 20.5 Å². The summed E-state index contributed by atoms with van der Waals surface area (Å²) in [7, 11) is 0. The van der Waals surface area contributed by atoms with Crippen LogP contribution in [0.15, 0.2) is 93.5 Å². The van der Waals surface area contributed by atoms with Gasteiger partial charge in [0.15, 0.2) is 0 Å². The maximum absolute atomic E-state index is 13.6. The third-order valence-electron chi connectivity index (χ3n) is 8.72. The highest BCUT2D eigenvalue weighted by atomic mass is 32.2. The largest absolute Gasteiger partial charge is 0.463 e. The summed E-state index contributed by atoms with van der Waals surface area (Å²) in [5.41, 5.74) is 1.59. The van der Waals surface area contributed by atoms with Gasteiger partial charge in [0.1, 0.15) is 11.9 Å². The first-order valence-corrected chi connectivity index (χ1v) is 18.1. The summed E-state index contributed by atoms with van der Waals surface area (Å²) in [6.45, 7) is 9.11. The molecule has 0 bridgehead atoms.